The number of H-pyrrole nitrogens is 1. The van der Waals surface area contributed by atoms with Gasteiger partial charge in [-0.3, -0.25) is 5.10 Å². The number of hydrogen-bond acceptors (Lipinski definition) is 3. The Hall–Kier alpha value is -1.07. The van der Waals surface area contributed by atoms with Crippen LogP contribution in [-0.4, -0.2) is 14.8 Å². The van der Waals surface area contributed by atoms with Gasteiger partial charge >= 0.3 is 0 Å². The molecule has 0 aliphatic rings. The first-order chi connectivity index (χ1) is 8.16. The molecule has 2 aromatic rings. The highest BCUT2D eigenvalue weighted by Crippen LogP contribution is 2.17. The zero-order valence-electron chi connectivity index (χ0n) is 9.93. The van der Waals surface area contributed by atoms with Gasteiger partial charge in [-0.25, -0.2) is 0 Å². The molecule has 17 heavy (non-hydrogen) atoms. The molecule has 0 aliphatic carbocycles. The van der Waals surface area contributed by atoms with Crippen molar-refractivity contribution in [3.05, 3.63) is 46.0 Å². The molecule has 0 saturated carbocycles. The second kappa shape index (κ2) is 5.51. The van der Waals surface area contributed by atoms with E-state index in [0.29, 0.717) is 4.77 Å². The molecular formula is C12H15N3S2. The van der Waals surface area contributed by atoms with E-state index in [2.05, 4.69) is 41.4 Å². The van der Waals surface area contributed by atoms with Crippen molar-refractivity contribution < 1.29 is 0 Å². The van der Waals surface area contributed by atoms with Crippen LogP contribution in [0.15, 0.2) is 24.3 Å². The highest BCUT2D eigenvalue weighted by atomic mass is 32.2. The number of nitrogens with one attached hydrogen (secondary N) is 1. The van der Waals surface area contributed by atoms with E-state index in [4.69, 9.17) is 12.2 Å². The van der Waals surface area contributed by atoms with Crippen LogP contribution in [0.2, 0.25) is 0 Å². The summed E-state index contributed by atoms with van der Waals surface area (Å²) in [5.41, 5.74) is 2.66. The first kappa shape index (κ1) is 12.4. The van der Waals surface area contributed by atoms with Crippen molar-refractivity contribution in [1.29, 1.82) is 0 Å². The number of aryl methyl sites for hydroxylation is 1. The number of rotatable bonds is 4. The third-order valence-electron chi connectivity index (χ3n) is 2.55. The van der Waals surface area contributed by atoms with Crippen LogP contribution in [0.25, 0.3) is 0 Å². The molecule has 1 heterocycles. The molecule has 0 aliphatic heterocycles. The zero-order chi connectivity index (χ0) is 12.3. The average Bonchev–Trinajstić information content (AvgIpc) is 2.61. The fourth-order valence-electron chi connectivity index (χ4n) is 1.57. The molecule has 1 N–H and O–H groups in total. The summed E-state index contributed by atoms with van der Waals surface area (Å²) in [6.45, 7) is 2.12. The van der Waals surface area contributed by atoms with E-state index >= 15 is 0 Å². The first-order valence-corrected chi connectivity index (χ1v) is 6.96. The van der Waals surface area contributed by atoms with Crippen molar-refractivity contribution >= 4 is 24.0 Å². The van der Waals surface area contributed by atoms with Gasteiger partial charge in [0, 0.05) is 12.8 Å². The summed E-state index contributed by atoms with van der Waals surface area (Å²) in [5, 5.41) is 6.99. The molecule has 0 amide bonds. The Morgan fingerprint density at radius 3 is 2.88 bits per heavy atom. The molecule has 0 saturated heterocycles. The number of benzene rings is 1. The quantitative estimate of drug-likeness (QED) is 0.862. The van der Waals surface area contributed by atoms with Gasteiger partial charge < -0.3 is 4.57 Å². The topological polar surface area (TPSA) is 33.6 Å². The molecule has 0 atom stereocenters. The lowest BCUT2D eigenvalue weighted by atomic mass is 10.2. The SMILES string of the molecule is Cc1cccc(CSCc2n[nH]c(=S)n2C)c1. The minimum atomic E-state index is 0.677. The minimum Gasteiger partial charge on any atom is -0.307 e. The minimum absolute atomic E-state index is 0.677. The molecule has 0 fully saturated rings. The van der Waals surface area contributed by atoms with Crippen molar-refractivity contribution in [1.82, 2.24) is 14.8 Å². The molecule has 0 unspecified atom stereocenters. The molecule has 1 aromatic carbocycles. The van der Waals surface area contributed by atoms with Crippen LogP contribution in [0.3, 0.4) is 0 Å². The molecule has 1 aromatic heterocycles. The third-order valence-corrected chi connectivity index (χ3v) is 3.92. The predicted octanol–water partition coefficient (Wildman–Crippen LogP) is 3.22. The van der Waals surface area contributed by atoms with E-state index in [1.807, 2.05) is 23.4 Å². The highest BCUT2D eigenvalue weighted by molar-refractivity contribution is 7.97. The maximum Gasteiger partial charge on any atom is 0.194 e. The Labute approximate surface area is 110 Å². The van der Waals surface area contributed by atoms with Crippen LogP contribution < -0.4 is 0 Å². The van der Waals surface area contributed by atoms with Gasteiger partial charge in [-0.05, 0) is 24.7 Å². The van der Waals surface area contributed by atoms with E-state index in [1.165, 1.54) is 11.1 Å². The fraction of sp³-hybridized carbons (Fsp3) is 0.333. The Kier molecular flexibility index (Phi) is 4.02. The summed E-state index contributed by atoms with van der Waals surface area (Å²) in [7, 11) is 1.94. The van der Waals surface area contributed by atoms with Crippen LogP contribution in [0, 0.1) is 11.7 Å². The van der Waals surface area contributed by atoms with Crippen LogP contribution >= 0.6 is 24.0 Å². The first-order valence-electron chi connectivity index (χ1n) is 5.40. The molecule has 0 radical (unpaired) electrons. The van der Waals surface area contributed by atoms with E-state index in [-0.39, 0.29) is 0 Å². The second-order valence-corrected chi connectivity index (χ2v) is 5.36. The van der Waals surface area contributed by atoms with E-state index in [1.54, 1.807) is 0 Å². The van der Waals surface area contributed by atoms with Gasteiger partial charge in [-0.15, -0.1) is 11.8 Å². The monoisotopic (exact) mass is 265 g/mol. The average molecular weight is 265 g/mol. The van der Waals surface area contributed by atoms with E-state index in [0.717, 1.165) is 17.3 Å². The summed E-state index contributed by atoms with van der Waals surface area (Å²) >= 11 is 6.92. The van der Waals surface area contributed by atoms with Gasteiger partial charge in [0.1, 0.15) is 5.82 Å². The lowest BCUT2D eigenvalue weighted by molar-refractivity contribution is 0.838. The maximum absolute atomic E-state index is 5.07. The van der Waals surface area contributed by atoms with Gasteiger partial charge in [0.05, 0.1) is 5.75 Å². The lowest BCUT2D eigenvalue weighted by Gasteiger charge is -2.02. The Morgan fingerprint density at radius 2 is 2.24 bits per heavy atom. The van der Waals surface area contributed by atoms with Crippen molar-refractivity contribution in [3.63, 3.8) is 0 Å². The zero-order valence-corrected chi connectivity index (χ0v) is 11.6. The largest absolute Gasteiger partial charge is 0.307 e. The van der Waals surface area contributed by atoms with E-state index < -0.39 is 0 Å². The van der Waals surface area contributed by atoms with Gasteiger partial charge in [-0.2, -0.15) is 5.10 Å². The summed E-state index contributed by atoms with van der Waals surface area (Å²) < 4.78 is 2.59. The molecule has 90 valence electrons. The molecule has 2 rings (SSSR count). The number of nitrogens with zero attached hydrogens (tertiary/aromatic N) is 2. The van der Waals surface area contributed by atoms with Crippen LogP contribution in [0.1, 0.15) is 17.0 Å². The molecule has 5 heteroatoms. The van der Waals surface area contributed by atoms with Gasteiger partial charge in [0.2, 0.25) is 0 Å². The number of aromatic nitrogens is 3. The number of hydrogen-bond donors (Lipinski definition) is 1. The molecule has 0 spiro atoms. The van der Waals surface area contributed by atoms with Crippen molar-refractivity contribution in [2.45, 2.75) is 18.4 Å². The summed E-state index contributed by atoms with van der Waals surface area (Å²) in [6, 6.07) is 8.59. The van der Waals surface area contributed by atoms with E-state index in [9.17, 15) is 0 Å². The maximum atomic E-state index is 5.07. The Morgan fingerprint density at radius 1 is 1.41 bits per heavy atom. The van der Waals surface area contributed by atoms with Gasteiger partial charge in [0.25, 0.3) is 0 Å². The lowest BCUT2D eigenvalue weighted by Crippen LogP contribution is -1.96. The predicted molar refractivity (Wildman–Crippen MR) is 74.6 cm³/mol. The second-order valence-electron chi connectivity index (χ2n) is 3.99. The smallest absolute Gasteiger partial charge is 0.194 e. The highest BCUT2D eigenvalue weighted by Gasteiger charge is 2.02. The van der Waals surface area contributed by atoms with Crippen LogP contribution in [-0.2, 0) is 18.6 Å². The molecule has 3 nitrogen and oxygen atoms in total. The Balaban J connectivity index is 1.92. The van der Waals surface area contributed by atoms with Crippen LogP contribution in [0.5, 0.6) is 0 Å². The van der Waals surface area contributed by atoms with Crippen molar-refractivity contribution in [2.75, 3.05) is 0 Å². The number of aromatic amines is 1. The summed E-state index contributed by atoms with van der Waals surface area (Å²) in [6.07, 6.45) is 0. The standard InChI is InChI=1S/C12H15N3S2/c1-9-4-3-5-10(6-9)7-17-8-11-13-14-12(16)15(11)2/h3-6H,7-8H2,1-2H3,(H,14,16). The summed E-state index contributed by atoms with van der Waals surface area (Å²) in [5.74, 6) is 2.87. The molecular weight excluding hydrogens is 250 g/mol. The third kappa shape index (κ3) is 3.20. The molecule has 0 bridgehead atoms. The fourth-order valence-corrected chi connectivity index (χ4v) is 2.68. The Bertz CT molecular complexity index is 557. The van der Waals surface area contributed by atoms with Gasteiger partial charge in [-0.1, -0.05) is 29.8 Å². The van der Waals surface area contributed by atoms with Crippen molar-refractivity contribution in [3.8, 4) is 0 Å². The van der Waals surface area contributed by atoms with Gasteiger partial charge in [0.15, 0.2) is 4.77 Å². The number of thioether (sulfide) groups is 1. The summed E-state index contributed by atoms with van der Waals surface area (Å²) in [4.78, 5) is 0. The van der Waals surface area contributed by atoms with Crippen LogP contribution in [0.4, 0.5) is 0 Å². The van der Waals surface area contributed by atoms with Crippen molar-refractivity contribution in [2.24, 2.45) is 7.05 Å². The normalized spacial score (nSPS) is 10.7.